The first kappa shape index (κ1) is 42.1. The molecule has 0 atom stereocenters. The van der Waals surface area contributed by atoms with Crippen molar-refractivity contribution in [2.45, 2.75) is 26.2 Å². The summed E-state index contributed by atoms with van der Waals surface area (Å²) in [6.45, 7) is 0. The molecule has 3 aromatic heterocycles. The summed E-state index contributed by atoms with van der Waals surface area (Å²) in [6, 6.07) is 19.4. The molecule has 0 bridgehead atoms. The van der Waals surface area contributed by atoms with Crippen molar-refractivity contribution in [2.75, 3.05) is 0 Å². The van der Waals surface area contributed by atoms with Crippen LogP contribution in [0.5, 0.6) is 0 Å². The number of hydrogen-bond donors (Lipinski definition) is 2. The van der Waals surface area contributed by atoms with E-state index >= 15 is 0 Å². The smallest absolute Gasteiger partial charge is 0.294 e. The van der Waals surface area contributed by atoms with Crippen molar-refractivity contribution in [1.82, 2.24) is 25.2 Å². The van der Waals surface area contributed by atoms with Gasteiger partial charge in [-0.15, -0.1) is 0 Å². The summed E-state index contributed by atoms with van der Waals surface area (Å²) in [4.78, 5) is 52.4. The quantitative estimate of drug-likeness (QED) is 0.0438. The second-order valence-electron chi connectivity index (χ2n) is 9.62. The van der Waals surface area contributed by atoms with Crippen LogP contribution in [0.4, 0.5) is 26.3 Å². The number of nitrogens with zero attached hydrogens (tertiary/aromatic N) is 4. The highest BCUT2D eigenvalue weighted by molar-refractivity contribution is 9.10. The minimum Gasteiger partial charge on any atom is -0.294 e. The maximum Gasteiger partial charge on any atom is 0.450 e. The summed E-state index contributed by atoms with van der Waals surface area (Å²) in [6.07, 6.45) is -5.15. The van der Waals surface area contributed by atoms with E-state index in [2.05, 4.69) is 46.9 Å². The van der Waals surface area contributed by atoms with E-state index in [-0.39, 0.29) is 30.2 Å². The Morgan fingerprint density at radius 3 is 1.71 bits per heavy atom. The summed E-state index contributed by atoms with van der Waals surface area (Å²) in [5.41, 5.74) is 1.98. The van der Waals surface area contributed by atoms with E-state index in [1.165, 1.54) is 55.0 Å². The van der Waals surface area contributed by atoms with E-state index in [1.54, 1.807) is 42.6 Å². The number of amides is 1. The lowest BCUT2D eigenvalue weighted by atomic mass is 10.1. The minimum absolute atomic E-state index is 0. The summed E-state index contributed by atoms with van der Waals surface area (Å²) in [5, 5.41) is 3.86. The van der Waals surface area contributed by atoms with E-state index in [1.807, 2.05) is 5.43 Å². The summed E-state index contributed by atoms with van der Waals surface area (Å²) < 4.78 is 77.3. The zero-order valence-electron chi connectivity index (χ0n) is 25.0. The van der Waals surface area contributed by atoms with Crippen molar-refractivity contribution in [3.63, 3.8) is 0 Å². The SMILES string of the molecule is C.NNC(=O)c1cccnc1.O=C(CC(=O)C(F)(F)F)c1ccc(Br)cc1.O=C(c1cccnc1)n1nc(-c2ccc(Br)cc2)cc1C(F)(F)F. The molecule has 0 aliphatic heterocycles. The Balaban J connectivity index is 0.000000288. The minimum atomic E-state index is -4.95. The van der Waals surface area contributed by atoms with Crippen LogP contribution in [0.2, 0.25) is 0 Å². The Kier molecular flexibility index (Phi) is 15.5. The molecule has 5 rings (SSSR count). The molecule has 0 spiro atoms. The molecule has 1 amide bonds. The van der Waals surface area contributed by atoms with Gasteiger partial charge in [-0.05, 0) is 54.6 Å². The number of ketones is 2. The van der Waals surface area contributed by atoms with E-state index in [0.717, 1.165) is 10.5 Å². The van der Waals surface area contributed by atoms with Gasteiger partial charge in [0.2, 0.25) is 5.78 Å². The molecule has 51 heavy (non-hydrogen) atoms. The van der Waals surface area contributed by atoms with E-state index < -0.39 is 41.9 Å². The first-order valence-corrected chi connectivity index (χ1v) is 15.3. The Morgan fingerprint density at radius 1 is 0.745 bits per heavy atom. The number of hydrazine groups is 1. The number of alkyl halides is 6. The van der Waals surface area contributed by atoms with Gasteiger partial charge in [0.1, 0.15) is 0 Å². The molecule has 0 fully saturated rings. The molecule has 5 aromatic rings. The number of carbonyl (C=O) groups is 4. The number of Topliss-reactive ketones (excluding diaryl/α,β-unsaturated/α-hetero) is 2. The van der Waals surface area contributed by atoms with Gasteiger partial charge in [-0.1, -0.05) is 63.6 Å². The number of halogens is 8. The highest BCUT2D eigenvalue weighted by Crippen LogP contribution is 2.33. The Morgan fingerprint density at radius 2 is 1.25 bits per heavy atom. The van der Waals surface area contributed by atoms with Crippen molar-refractivity contribution in [3.8, 4) is 11.3 Å². The molecule has 0 unspecified atom stereocenters. The van der Waals surface area contributed by atoms with E-state index in [9.17, 15) is 45.5 Å². The molecule has 10 nitrogen and oxygen atoms in total. The van der Waals surface area contributed by atoms with Gasteiger partial charge in [0.15, 0.2) is 11.5 Å². The maximum atomic E-state index is 13.3. The van der Waals surface area contributed by atoms with Gasteiger partial charge in [0.25, 0.3) is 11.8 Å². The summed E-state index contributed by atoms with van der Waals surface area (Å²) in [5.74, 6) is 0.795. The average Bonchev–Trinajstić information content (AvgIpc) is 3.56. The van der Waals surface area contributed by atoms with Crippen molar-refractivity contribution in [2.24, 2.45) is 5.84 Å². The van der Waals surface area contributed by atoms with Gasteiger partial charge in [0, 0.05) is 44.9 Å². The van der Waals surface area contributed by atoms with Crippen LogP contribution in [0.1, 0.15) is 50.6 Å². The lowest BCUT2D eigenvalue weighted by molar-refractivity contribution is -0.170. The van der Waals surface area contributed by atoms with Gasteiger partial charge >= 0.3 is 12.4 Å². The summed E-state index contributed by atoms with van der Waals surface area (Å²) in [7, 11) is 0. The Bertz CT molecular complexity index is 1920. The van der Waals surface area contributed by atoms with Crippen LogP contribution >= 0.6 is 31.9 Å². The standard InChI is InChI=1S/C16H9BrF3N3O.C10H6BrF3O2.C6H7N3O.CH4/c17-12-5-3-10(4-6-12)13-8-14(16(18,19)20)23(22-13)15(24)11-2-1-7-21-9-11;11-7-3-1-6(2-4-7)8(15)5-9(16)10(12,13)14;7-9-6(10)5-2-1-3-8-4-5;/h1-9H;1-4H,5H2;1-4H,7H2,(H,9,10);1H4. The lowest BCUT2D eigenvalue weighted by Crippen LogP contribution is -2.29. The van der Waals surface area contributed by atoms with Crippen LogP contribution in [0.15, 0.2) is 113 Å². The van der Waals surface area contributed by atoms with Crippen molar-refractivity contribution in [3.05, 3.63) is 135 Å². The van der Waals surface area contributed by atoms with Crippen LogP contribution in [0, 0.1) is 0 Å². The summed E-state index contributed by atoms with van der Waals surface area (Å²) >= 11 is 6.38. The number of nitrogen functional groups attached to an aromatic ring is 1. The fraction of sp³-hybridized carbons (Fsp3) is 0.121. The fourth-order valence-electron chi connectivity index (χ4n) is 3.68. The normalized spacial score (nSPS) is 10.7. The number of rotatable bonds is 6. The van der Waals surface area contributed by atoms with Crippen molar-refractivity contribution in [1.29, 1.82) is 0 Å². The first-order chi connectivity index (χ1) is 23.5. The third kappa shape index (κ3) is 12.6. The van der Waals surface area contributed by atoms with Gasteiger partial charge in [-0.25, -0.2) is 5.84 Å². The number of nitrogens with one attached hydrogen (secondary N) is 1. The largest absolute Gasteiger partial charge is 0.450 e. The number of pyridine rings is 2. The van der Waals surface area contributed by atoms with Gasteiger partial charge in [-0.2, -0.15) is 36.1 Å². The monoisotopic (exact) mass is 842 g/mol. The molecule has 18 heteroatoms. The number of carbonyl (C=O) groups excluding carboxylic acids is 4. The van der Waals surface area contributed by atoms with Crippen LogP contribution < -0.4 is 11.3 Å². The first-order valence-electron chi connectivity index (χ1n) is 13.7. The van der Waals surface area contributed by atoms with Crippen LogP contribution in [-0.2, 0) is 11.0 Å². The molecule has 3 N–H and O–H groups in total. The second-order valence-corrected chi connectivity index (χ2v) is 11.5. The van der Waals surface area contributed by atoms with Crippen molar-refractivity contribution < 1.29 is 45.5 Å². The predicted molar refractivity (Wildman–Crippen MR) is 181 cm³/mol. The molecule has 0 aliphatic carbocycles. The Hall–Kier alpha value is -5.07. The van der Waals surface area contributed by atoms with Crippen LogP contribution in [-0.4, -0.2) is 49.3 Å². The number of aromatic nitrogens is 4. The molecule has 0 radical (unpaired) electrons. The van der Waals surface area contributed by atoms with Gasteiger partial charge < -0.3 is 0 Å². The maximum absolute atomic E-state index is 13.3. The molecular weight excluding hydrogens is 818 g/mol. The average molecular weight is 844 g/mol. The fourth-order valence-corrected chi connectivity index (χ4v) is 4.20. The molecular formula is C33H26Br2F6N6O4. The predicted octanol–water partition coefficient (Wildman–Crippen LogP) is 7.89. The lowest BCUT2D eigenvalue weighted by Gasteiger charge is -2.08. The van der Waals surface area contributed by atoms with Crippen molar-refractivity contribution >= 4 is 55.2 Å². The molecule has 2 aromatic carbocycles. The van der Waals surface area contributed by atoms with Crippen LogP contribution in [0.3, 0.4) is 0 Å². The second kappa shape index (κ2) is 18.8. The van der Waals surface area contributed by atoms with E-state index in [4.69, 9.17) is 5.84 Å². The number of nitrogens with two attached hydrogens (primary N) is 1. The van der Waals surface area contributed by atoms with Gasteiger partial charge in [-0.3, -0.25) is 34.6 Å². The number of hydrogen-bond acceptors (Lipinski definition) is 8. The molecule has 268 valence electrons. The molecule has 0 aliphatic rings. The third-order valence-electron chi connectivity index (χ3n) is 6.10. The van der Waals surface area contributed by atoms with Crippen LogP contribution in [0.25, 0.3) is 11.3 Å². The topological polar surface area (TPSA) is 150 Å². The Labute approximate surface area is 303 Å². The molecule has 3 heterocycles. The highest BCUT2D eigenvalue weighted by Gasteiger charge is 2.39. The molecule has 0 saturated heterocycles. The van der Waals surface area contributed by atoms with E-state index in [0.29, 0.717) is 20.3 Å². The molecule has 0 saturated carbocycles. The highest BCUT2D eigenvalue weighted by atomic mass is 79.9. The zero-order chi connectivity index (χ0) is 37.1. The number of benzene rings is 2. The third-order valence-corrected chi connectivity index (χ3v) is 7.16. The van der Waals surface area contributed by atoms with Gasteiger partial charge in [0.05, 0.1) is 23.2 Å². The zero-order valence-corrected chi connectivity index (χ0v) is 28.2.